The topological polar surface area (TPSA) is 110 Å². The van der Waals surface area contributed by atoms with Crippen molar-refractivity contribution in [2.24, 2.45) is 4.99 Å². The Morgan fingerprint density at radius 2 is 0.684 bits per heavy atom. The van der Waals surface area contributed by atoms with E-state index >= 15 is 0 Å². The van der Waals surface area contributed by atoms with Crippen LogP contribution in [-0.4, -0.2) is 41.6 Å². The van der Waals surface area contributed by atoms with E-state index in [1.807, 2.05) is 36.4 Å². The van der Waals surface area contributed by atoms with Crippen LogP contribution in [0.5, 0.6) is 0 Å². The van der Waals surface area contributed by atoms with Gasteiger partial charge in [0.1, 0.15) is 32.0 Å². The number of aromatic nitrogens is 4. The van der Waals surface area contributed by atoms with Gasteiger partial charge in [0.15, 0.2) is 10.1 Å². The van der Waals surface area contributed by atoms with Crippen molar-refractivity contribution in [1.82, 2.24) is 25.3 Å². The van der Waals surface area contributed by atoms with Crippen molar-refractivity contribution in [3.05, 3.63) is 314 Å². The minimum Gasteiger partial charge on any atom is -0.338 e. The maximum atomic E-state index is 11.0. The van der Waals surface area contributed by atoms with Crippen LogP contribution in [0.1, 0.15) is 68.3 Å². The predicted molar refractivity (Wildman–Crippen MR) is 399 cm³/mol. The third-order valence-corrected chi connectivity index (χ3v) is 17.5. The number of aliphatic imine (C=N–C) groups is 1. The number of allylic oxidation sites excluding steroid dienone is 4. The number of hydrogen-bond donors (Lipinski definition) is 1. The van der Waals surface area contributed by atoms with Crippen LogP contribution < -0.4 is 5.32 Å². The first-order valence-corrected chi connectivity index (χ1v) is 32.3. The smallest absolute Gasteiger partial charge is 0.219 e. The zero-order valence-electron chi connectivity index (χ0n) is 48.9. The summed E-state index contributed by atoms with van der Waals surface area (Å²) in [6.07, 6.45) is 3.63. The van der Waals surface area contributed by atoms with Crippen LogP contribution >= 0.6 is 81.2 Å². The summed E-state index contributed by atoms with van der Waals surface area (Å²) >= 11 is 35.9. The molecule has 0 saturated heterocycles. The highest BCUT2D eigenvalue weighted by Gasteiger charge is 2.35. The Morgan fingerprint density at radius 3 is 1.13 bits per heavy atom. The summed E-state index contributed by atoms with van der Waals surface area (Å²) < 4.78 is -0.750. The first-order valence-electron chi connectivity index (χ1n) is 29.5. The Bertz CT molecular complexity index is 4440. The number of rotatable bonds is 8. The second-order valence-electron chi connectivity index (χ2n) is 21.5. The second-order valence-corrected chi connectivity index (χ2v) is 25.0. The van der Waals surface area contributed by atoms with Gasteiger partial charge < -0.3 is 5.32 Å². The van der Waals surface area contributed by atoms with Crippen molar-refractivity contribution in [2.75, 3.05) is 0 Å². The summed E-state index contributed by atoms with van der Waals surface area (Å²) in [4.78, 5) is 48.2. The van der Waals surface area contributed by atoms with Gasteiger partial charge in [-0.25, -0.2) is 19.9 Å². The summed E-state index contributed by atoms with van der Waals surface area (Å²) in [6.45, 7) is 0. The first-order chi connectivity index (χ1) is 44.9. The SMILES string of the molecule is C.C.C.ClC(Cl)Cl.O=C1C(Cl)=C(Cl)C(=O)C(Cl)=C1Cl.c1ccc(-c2cc(-c3ccccc3)c3c(n2)-c2nc(-c4ccccc4)nc(-c4ccccc4)c2CC3)cc1.c1ccc(C2=NC(c3ccccc3)C3=C(N2)c2nc(-c4ccccc4)cc(-c4ccccc4)c2CC3)cc1. The Labute approximate surface area is 590 Å². The van der Waals surface area contributed by atoms with E-state index in [4.69, 9.17) is 106 Å². The van der Waals surface area contributed by atoms with Gasteiger partial charge in [0.05, 0.1) is 39.9 Å². The molecule has 3 aromatic heterocycles. The van der Waals surface area contributed by atoms with Crippen molar-refractivity contribution in [3.8, 4) is 78.8 Å². The molecule has 0 fully saturated rings. The molecule has 1 atom stereocenters. The summed E-state index contributed by atoms with van der Waals surface area (Å²) in [5.41, 5.74) is 23.5. The summed E-state index contributed by atoms with van der Waals surface area (Å²) in [7, 11) is 0. The molecule has 0 amide bonds. The van der Waals surface area contributed by atoms with E-state index in [9.17, 15) is 9.59 Å². The largest absolute Gasteiger partial charge is 0.338 e. The van der Waals surface area contributed by atoms with Crippen LogP contribution in [-0.2, 0) is 28.9 Å². The van der Waals surface area contributed by atoms with Crippen molar-refractivity contribution in [2.45, 2.75) is 58.3 Å². The van der Waals surface area contributed by atoms with Gasteiger partial charge in [-0.2, -0.15) is 0 Å². The lowest BCUT2D eigenvalue weighted by molar-refractivity contribution is -0.114. The molecular weight excluding hydrogens is 1330 g/mol. The molecule has 8 nitrogen and oxygen atoms in total. The van der Waals surface area contributed by atoms with E-state index in [2.05, 4.69) is 224 Å². The van der Waals surface area contributed by atoms with Gasteiger partial charge in [-0.1, -0.05) is 346 Å². The quantitative estimate of drug-likeness (QED) is 0.119. The van der Waals surface area contributed by atoms with Crippen molar-refractivity contribution in [3.63, 3.8) is 0 Å². The first kappa shape index (κ1) is 70.5. The Balaban J connectivity index is 0.000000177. The number of nitrogens with one attached hydrogen (secondary N) is 1. The van der Waals surface area contributed by atoms with Gasteiger partial charge >= 0.3 is 0 Å². The molecular formula is C80H65Cl7N6O2. The molecule has 8 aromatic carbocycles. The molecule has 476 valence electrons. The van der Waals surface area contributed by atoms with Gasteiger partial charge in [0.2, 0.25) is 11.6 Å². The molecule has 1 aliphatic heterocycles. The molecule has 11 aromatic rings. The highest BCUT2D eigenvalue weighted by atomic mass is 35.6. The van der Waals surface area contributed by atoms with E-state index in [1.165, 1.54) is 50.1 Å². The molecule has 4 heterocycles. The van der Waals surface area contributed by atoms with Crippen molar-refractivity contribution >= 4 is 104 Å². The fourth-order valence-corrected chi connectivity index (χ4v) is 12.4. The van der Waals surface area contributed by atoms with E-state index in [-0.39, 0.29) is 28.3 Å². The zero-order valence-corrected chi connectivity index (χ0v) is 54.2. The normalized spacial score (nSPS) is 14.1. The van der Waals surface area contributed by atoms with E-state index in [0.29, 0.717) is 0 Å². The molecule has 0 saturated carbocycles. The van der Waals surface area contributed by atoms with Crippen LogP contribution in [0.3, 0.4) is 0 Å². The van der Waals surface area contributed by atoms with Gasteiger partial charge in [-0.05, 0) is 82.3 Å². The van der Waals surface area contributed by atoms with Gasteiger partial charge in [-0.15, -0.1) is 0 Å². The Kier molecular flexibility index (Phi) is 24.2. The number of nitrogens with zero attached hydrogens (tertiary/aromatic N) is 5. The zero-order chi connectivity index (χ0) is 63.7. The molecule has 0 radical (unpaired) electrons. The third-order valence-electron chi connectivity index (χ3n) is 15.9. The molecule has 15 rings (SSSR count). The standard InChI is InChI=1S/C35H27N3.C35H25N3.C6Cl4O2.CHCl3.3CH4/c2*1-5-13-24(14-6-1)30-23-31(25-15-7-2-8-16-25)36-33-28(30)21-22-29-32(26-17-9-3-10-18-26)37-35(38-34(29)33)27-19-11-4-12-20-27;7-1-2(8)6(12)4(10)3(9)5(1)11;2-1(3)4;;;/h1-20,23,32H,21-22H2,(H,37,38);1-20,23H,21-22H2;;1H;3*1H4. The Morgan fingerprint density at radius 1 is 0.358 bits per heavy atom. The molecule has 3 aliphatic carbocycles. The number of benzene rings is 8. The maximum Gasteiger partial charge on any atom is 0.219 e. The third kappa shape index (κ3) is 15.8. The average molecular weight is 1390 g/mol. The molecule has 0 bridgehead atoms. The molecule has 4 aliphatic rings. The fraction of sp³-hybridized carbons (Fsp3) is 0.113. The highest BCUT2D eigenvalue weighted by molar-refractivity contribution is 6.69. The lowest BCUT2D eigenvalue weighted by Gasteiger charge is -2.33. The van der Waals surface area contributed by atoms with Crippen LogP contribution in [0.15, 0.2) is 285 Å². The van der Waals surface area contributed by atoms with Crippen molar-refractivity contribution < 1.29 is 9.59 Å². The highest BCUT2D eigenvalue weighted by Crippen LogP contribution is 2.46. The van der Waals surface area contributed by atoms with Crippen LogP contribution in [0, 0.1) is 0 Å². The number of halogens is 7. The number of ketones is 2. The number of carbonyl (C=O) groups is 2. The minimum atomic E-state index is -0.750. The fourth-order valence-electron chi connectivity index (χ4n) is 11.6. The van der Waals surface area contributed by atoms with Gasteiger partial charge in [-0.3, -0.25) is 14.6 Å². The Hall–Kier alpha value is -8.80. The number of hydrogen-bond acceptors (Lipinski definition) is 8. The molecule has 1 unspecified atom stereocenters. The molecule has 95 heavy (non-hydrogen) atoms. The van der Waals surface area contributed by atoms with E-state index in [0.717, 1.165) is 105 Å². The number of pyridine rings is 2. The lowest BCUT2D eigenvalue weighted by Crippen LogP contribution is -2.33. The van der Waals surface area contributed by atoms with Gasteiger partial charge in [0, 0.05) is 33.4 Å². The van der Waals surface area contributed by atoms with Crippen molar-refractivity contribution in [1.29, 1.82) is 0 Å². The van der Waals surface area contributed by atoms with Crippen LogP contribution in [0.4, 0.5) is 0 Å². The average Bonchev–Trinajstić information content (AvgIpc) is 0.750. The molecule has 1 N–H and O–H groups in total. The van der Waals surface area contributed by atoms with E-state index in [1.54, 1.807) is 0 Å². The minimum absolute atomic E-state index is 0. The summed E-state index contributed by atoms with van der Waals surface area (Å²) in [5, 5.41) is 2.18. The summed E-state index contributed by atoms with van der Waals surface area (Å²) in [6, 6.07) is 88.5. The maximum absolute atomic E-state index is 11.0. The monoisotopic (exact) mass is 1390 g/mol. The molecule has 15 heteroatoms. The number of carbonyl (C=O) groups excluding carboxylic acids is 2. The number of amidine groups is 1. The predicted octanol–water partition coefficient (Wildman–Crippen LogP) is 22.6. The van der Waals surface area contributed by atoms with Gasteiger partial charge in [0.25, 0.3) is 0 Å². The molecule has 0 spiro atoms. The summed E-state index contributed by atoms with van der Waals surface area (Å²) in [5.74, 6) is 0.157. The number of alkyl halides is 3. The number of fused-ring (bicyclic) bond motifs is 5. The van der Waals surface area contributed by atoms with Crippen LogP contribution in [0.2, 0.25) is 0 Å². The lowest BCUT2D eigenvalue weighted by atomic mass is 9.82. The van der Waals surface area contributed by atoms with E-state index < -0.39 is 36.0 Å². The van der Waals surface area contributed by atoms with Crippen LogP contribution in [0.25, 0.3) is 84.5 Å². The second kappa shape index (κ2) is 32.6. The number of Topliss-reactive ketones (excluding diaryl/α,β-unsaturated/α-hetero) is 2.